The van der Waals surface area contributed by atoms with Crippen LogP contribution in [0.25, 0.3) is 0 Å². The average Bonchev–Trinajstić information content (AvgIpc) is 2.02. The molecule has 1 fully saturated rings. The van der Waals surface area contributed by atoms with Crippen LogP contribution < -0.4 is 10.6 Å². The summed E-state index contributed by atoms with van der Waals surface area (Å²) in [5, 5.41) is 5.80. The number of amides is 1. The molecule has 76 valence electrons. The Morgan fingerprint density at radius 1 is 1.50 bits per heavy atom. The summed E-state index contributed by atoms with van der Waals surface area (Å²) in [6.07, 6.45) is 1.66. The molecule has 1 saturated heterocycles. The van der Waals surface area contributed by atoms with Crippen LogP contribution in [0.3, 0.4) is 0 Å². The van der Waals surface area contributed by atoms with Crippen LogP contribution in [0.2, 0.25) is 0 Å². The van der Waals surface area contributed by atoms with Gasteiger partial charge in [0.15, 0.2) is 0 Å². The molecule has 2 rings (SSSR count). The highest BCUT2D eigenvalue weighted by molar-refractivity contribution is 5.92. The van der Waals surface area contributed by atoms with E-state index in [1.807, 2.05) is 12.1 Å². The molecule has 5 heteroatoms. The molecule has 0 aromatic carbocycles. The fourth-order valence-corrected chi connectivity index (χ4v) is 1.14. The zero-order chi connectivity index (χ0) is 9.10. The Bertz CT molecular complexity index is 300. The summed E-state index contributed by atoms with van der Waals surface area (Å²) in [7, 11) is 0. The molecule has 0 radical (unpaired) electrons. The van der Waals surface area contributed by atoms with Gasteiger partial charge in [0.1, 0.15) is 5.82 Å². The number of carbonyl (C=O) groups excluding carboxylic acids is 1. The van der Waals surface area contributed by atoms with E-state index in [1.165, 1.54) is 0 Å². The molecule has 2 heterocycles. The number of hydrogen-bond acceptors (Lipinski definition) is 3. The number of pyridine rings is 1. The molecule has 0 unspecified atom stereocenters. The summed E-state index contributed by atoms with van der Waals surface area (Å²) >= 11 is 0. The second-order valence-electron chi connectivity index (χ2n) is 3.06. The molecule has 1 aliphatic heterocycles. The summed E-state index contributed by atoms with van der Waals surface area (Å²) in [6.45, 7) is 1.55. The first kappa shape index (κ1) is 10.9. The Morgan fingerprint density at radius 3 is 2.79 bits per heavy atom. The highest BCUT2D eigenvalue weighted by atomic mass is 35.5. The standard InChI is InChI=1S/C9H11N3O.ClH/c13-9(7-5-10-6-7)12-8-3-1-2-4-11-8;/h1-4,7,10H,5-6H2,(H,11,12,13);1H. The molecule has 2 N–H and O–H groups in total. The van der Waals surface area contributed by atoms with Gasteiger partial charge in [0.05, 0.1) is 5.92 Å². The Hall–Kier alpha value is -1.13. The lowest BCUT2D eigenvalue weighted by Crippen LogP contribution is -2.48. The number of carbonyl (C=O) groups is 1. The Morgan fingerprint density at radius 2 is 2.29 bits per heavy atom. The zero-order valence-corrected chi connectivity index (χ0v) is 8.38. The van der Waals surface area contributed by atoms with Gasteiger partial charge in [-0.25, -0.2) is 4.98 Å². The normalized spacial score (nSPS) is 15.1. The van der Waals surface area contributed by atoms with Gasteiger partial charge in [0.25, 0.3) is 0 Å². The van der Waals surface area contributed by atoms with E-state index in [2.05, 4.69) is 15.6 Å². The molecule has 0 spiro atoms. The molecule has 1 aromatic heterocycles. The number of nitrogens with one attached hydrogen (secondary N) is 2. The van der Waals surface area contributed by atoms with Crippen molar-refractivity contribution in [1.29, 1.82) is 0 Å². The average molecular weight is 214 g/mol. The molecule has 1 aliphatic rings. The Kier molecular flexibility index (Phi) is 3.85. The molecule has 0 saturated carbocycles. The van der Waals surface area contributed by atoms with Gasteiger partial charge in [-0.1, -0.05) is 6.07 Å². The molecule has 14 heavy (non-hydrogen) atoms. The molecule has 0 bridgehead atoms. The maximum atomic E-state index is 11.4. The number of nitrogens with zero attached hydrogens (tertiary/aromatic N) is 1. The van der Waals surface area contributed by atoms with E-state index in [4.69, 9.17) is 0 Å². The number of aromatic nitrogens is 1. The van der Waals surface area contributed by atoms with Crippen LogP contribution in [0.4, 0.5) is 5.82 Å². The molecule has 0 atom stereocenters. The first-order chi connectivity index (χ1) is 6.36. The summed E-state index contributed by atoms with van der Waals surface area (Å²) in [5.41, 5.74) is 0. The van der Waals surface area contributed by atoms with Crippen LogP contribution >= 0.6 is 12.4 Å². The fourth-order valence-electron chi connectivity index (χ4n) is 1.14. The summed E-state index contributed by atoms with van der Waals surface area (Å²) < 4.78 is 0. The van der Waals surface area contributed by atoms with E-state index in [1.54, 1.807) is 12.3 Å². The van der Waals surface area contributed by atoms with Gasteiger partial charge < -0.3 is 10.6 Å². The van der Waals surface area contributed by atoms with Gasteiger partial charge in [-0.05, 0) is 12.1 Å². The minimum absolute atomic E-state index is 0. The third-order valence-electron chi connectivity index (χ3n) is 2.07. The lowest BCUT2D eigenvalue weighted by atomic mass is 10.0. The van der Waals surface area contributed by atoms with Crippen molar-refractivity contribution in [3.05, 3.63) is 24.4 Å². The van der Waals surface area contributed by atoms with E-state index in [9.17, 15) is 4.79 Å². The minimum atomic E-state index is 0. The fraction of sp³-hybridized carbons (Fsp3) is 0.333. The minimum Gasteiger partial charge on any atom is -0.315 e. The highest BCUT2D eigenvalue weighted by Crippen LogP contribution is 2.07. The SMILES string of the molecule is Cl.O=C(Nc1ccccn1)C1CNC1. The molecule has 4 nitrogen and oxygen atoms in total. The highest BCUT2D eigenvalue weighted by Gasteiger charge is 2.24. The third-order valence-corrected chi connectivity index (χ3v) is 2.07. The first-order valence-corrected chi connectivity index (χ1v) is 4.29. The number of halogens is 1. The van der Waals surface area contributed by atoms with E-state index in [-0.39, 0.29) is 24.2 Å². The number of anilines is 1. The van der Waals surface area contributed by atoms with Crippen molar-refractivity contribution >= 4 is 24.1 Å². The van der Waals surface area contributed by atoms with Gasteiger partial charge in [-0.3, -0.25) is 4.79 Å². The third kappa shape index (κ3) is 2.43. The zero-order valence-electron chi connectivity index (χ0n) is 7.56. The largest absolute Gasteiger partial charge is 0.315 e. The smallest absolute Gasteiger partial charge is 0.231 e. The van der Waals surface area contributed by atoms with Gasteiger partial charge >= 0.3 is 0 Å². The van der Waals surface area contributed by atoms with Crippen molar-refractivity contribution in [3.8, 4) is 0 Å². The van der Waals surface area contributed by atoms with E-state index in [0.717, 1.165) is 13.1 Å². The lowest BCUT2D eigenvalue weighted by molar-refractivity contribution is -0.121. The Labute approximate surface area is 88.5 Å². The van der Waals surface area contributed by atoms with Gasteiger partial charge in [-0.15, -0.1) is 12.4 Å². The van der Waals surface area contributed by atoms with E-state index < -0.39 is 0 Å². The van der Waals surface area contributed by atoms with Crippen LogP contribution in [0.15, 0.2) is 24.4 Å². The number of rotatable bonds is 2. The van der Waals surface area contributed by atoms with Gasteiger partial charge in [0, 0.05) is 19.3 Å². The van der Waals surface area contributed by atoms with Crippen molar-refractivity contribution in [2.24, 2.45) is 5.92 Å². The summed E-state index contributed by atoms with van der Waals surface area (Å²) in [5.74, 6) is 0.791. The van der Waals surface area contributed by atoms with Crippen LogP contribution in [0.1, 0.15) is 0 Å². The van der Waals surface area contributed by atoms with Gasteiger partial charge in [-0.2, -0.15) is 0 Å². The van der Waals surface area contributed by atoms with Crippen LogP contribution in [0.5, 0.6) is 0 Å². The maximum Gasteiger partial charge on any atom is 0.231 e. The van der Waals surface area contributed by atoms with Crippen LogP contribution in [0, 0.1) is 5.92 Å². The predicted octanol–water partition coefficient (Wildman–Crippen LogP) is 0.661. The van der Waals surface area contributed by atoms with Crippen LogP contribution in [-0.2, 0) is 4.79 Å². The van der Waals surface area contributed by atoms with Crippen molar-refractivity contribution in [2.45, 2.75) is 0 Å². The Balaban J connectivity index is 0.000000980. The molecular formula is C9H12ClN3O. The summed E-state index contributed by atoms with van der Waals surface area (Å²) in [6, 6.07) is 5.45. The summed E-state index contributed by atoms with van der Waals surface area (Å²) in [4.78, 5) is 15.4. The van der Waals surface area contributed by atoms with E-state index in [0.29, 0.717) is 5.82 Å². The monoisotopic (exact) mass is 213 g/mol. The first-order valence-electron chi connectivity index (χ1n) is 4.29. The van der Waals surface area contributed by atoms with Gasteiger partial charge in [0.2, 0.25) is 5.91 Å². The molecule has 1 aromatic rings. The lowest BCUT2D eigenvalue weighted by Gasteiger charge is -2.25. The van der Waals surface area contributed by atoms with Crippen molar-refractivity contribution in [2.75, 3.05) is 18.4 Å². The van der Waals surface area contributed by atoms with Crippen molar-refractivity contribution in [3.63, 3.8) is 0 Å². The quantitative estimate of drug-likeness (QED) is 0.759. The van der Waals surface area contributed by atoms with E-state index >= 15 is 0 Å². The van der Waals surface area contributed by atoms with Crippen molar-refractivity contribution in [1.82, 2.24) is 10.3 Å². The second kappa shape index (κ2) is 4.93. The van der Waals surface area contributed by atoms with Crippen LogP contribution in [-0.4, -0.2) is 24.0 Å². The molecular weight excluding hydrogens is 202 g/mol. The molecule has 0 aliphatic carbocycles. The number of hydrogen-bond donors (Lipinski definition) is 2. The predicted molar refractivity (Wildman–Crippen MR) is 56.5 cm³/mol. The van der Waals surface area contributed by atoms with Crippen molar-refractivity contribution < 1.29 is 4.79 Å². The second-order valence-corrected chi connectivity index (χ2v) is 3.06. The maximum absolute atomic E-state index is 11.4. The topological polar surface area (TPSA) is 54.0 Å². The molecule has 1 amide bonds.